The first-order valence-corrected chi connectivity index (χ1v) is 3.91. The molecule has 0 amide bonds. The summed E-state index contributed by atoms with van der Waals surface area (Å²) in [5.41, 5.74) is 7.64. The van der Waals surface area contributed by atoms with Crippen molar-refractivity contribution in [1.82, 2.24) is 4.98 Å². The molecule has 0 bridgehead atoms. The first kappa shape index (κ1) is 7.91. The summed E-state index contributed by atoms with van der Waals surface area (Å²) in [6.45, 7) is 1.78. The minimum Gasteiger partial charge on any atom is -0.497 e. The van der Waals surface area contributed by atoms with E-state index in [9.17, 15) is 0 Å². The van der Waals surface area contributed by atoms with E-state index in [-0.39, 0.29) is 0 Å². The lowest BCUT2D eigenvalue weighted by Gasteiger charge is -1.99. The maximum Gasteiger partial charge on any atom is 0.192 e. The molecule has 4 heteroatoms. The molecule has 0 radical (unpaired) electrons. The van der Waals surface area contributed by atoms with Crippen LogP contribution in [0.2, 0.25) is 0 Å². The number of benzene rings is 1. The Labute approximate surface area is 75.3 Å². The lowest BCUT2D eigenvalue weighted by Crippen LogP contribution is -1.88. The van der Waals surface area contributed by atoms with E-state index in [1.54, 1.807) is 26.2 Å². The Kier molecular flexibility index (Phi) is 1.62. The number of hydrogen-bond acceptors (Lipinski definition) is 4. The van der Waals surface area contributed by atoms with Crippen LogP contribution in [0.25, 0.3) is 11.1 Å². The van der Waals surface area contributed by atoms with Gasteiger partial charge in [0.15, 0.2) is 11.5 Å². The number of nitrogens with two attached hydrogens (primary N) is 1. The second-order valence-electron chi connectivity index (χ2n) is 2.80. The molecule has 0 atom stereocenters. The molecule has 13 heavy (non-hydrogen) atoms. The van der Waals surface area contributed by atoms with Gasteiger partial charge >= 0.3 is 0 Å². The van der Waals surface area contributed by atoms with Gasteiger partial charge in [0.05, 0.1) is 12.8 Å². The molecular formula is C9H10N2O2. The van der Waals surface area contributed by atoms with Gasteiger partial charge in [0.1, 0.15) is 11.3 Å². The summed E-state index contributed by atoms with van der Waals surface area (Å²) in [6.07, 6.45) is 0. The third-order valence-corrected chi connectivity index (χ3v) is 1.83. The average Bonchev–Trinajstić information content (AvgIpc) is 2.46. The third-order valence-electron chi connectivity index (χ3n) is 1.83. The Balaban J connectivity index is 2.75. The van der Waals surface area contributed by atoms with Gasteiger partial charge in [-0.2, -0.15) is 0 Å². The van der Waals surface area contributed by atoms with E-state index in [2.05, 4.69) is 4.98 Å². The van der Waals surface area contributed by atoms with Crippen LogP contribution in [0, 0.1) is 6.92 Å². The molecule has 0 unspecified atom stereocenters. The Hall–Kier alpha value is -1.71. The van der Waals surface area contributed by atoms with Crippen molar-refractivity contribution in [1.29, 1.82) is 0 Å². The molecule has 4 nitrogen and oxygen atoms in total. The number of aryl methyl sites for hydroxylation is 1. The van der Waals surface area contributed by atoms with E-state index < -0.39 is 0 Å². The van der Waals surface area contributed by atoms with Crippen LogP contribution >= 0.6 is 0 Å². The fourth-order valence-corrected chi connectivity index (χ4v) is 1.26. The maximum absolute atomic E-state index is 5.73. The topological polar surface area (TPSA) is 61.3 Å². The number of rotatable bonds is 1. The lowest BCUT2D eigenvalue weighted by molar-refractivity contribution is 0.415. The van der Waals surface area contributed by atoms with Gasteiger partial charge in [0, 0.05) is 19.1 Å². The molecule has 0 aliphatic rings. The number of nitrogen functional groups attached to an aromatic ring is 1. The van der Waals surface area contributed by atoms with E-state index in [1.807, 2.05) is 0 Å². The van der Waals surface area contributed by atoms with E-state index in [0.29, 0.717) is 22.9 Å². The van der Waals surface area contributed by atoms with Crippen molar-refractivity contribution < 1.29 is 9.15 Å². The Bertz CT molecular complexity index is 448. The van der Waals surface area contributed by atoms with Crippen molar-refractivity contribution >= 4 is 16.8 Å². The number of anilines is 1. The number of methoxy groups -OCH3 is 1. The summed E-state index contributed by atoms with van der Waals surface area (Å²) < 4.78 is 10.4. The minimum atomic E-state index is 0.551. The highest BCUT2D eigenvalue weighted by Crippen LogP contribution is 2.27. The average molecular weight is 178 g/mol. The van der Waals surface area contributed by atoms with Crippen LogP contribution in [-0.4, -0.2) is 12.1 Å². The zero-order valence-electron chi connectivity index (χ0n) is 7.50. The van der Waals surface area contributed by atoms with Crippen LogP contribution in [0.4, 0.5) is 5.69 Å². The van der Waals surface area contributed by atoms with Gasteiger partial charge in [-0.15, -0.1) is 0 Å². The molecule has 0 spiro atoms. The highest BCUT2D eigenvalue weighted by Gasteiger charge is 2.07. The number of nitrogens with zero attached hydrogens (tertiary/aromatic N) is 1. The van der Waals surface area contributed by atoms with Crippen LogP contribution in [0.5, 0.6) is 5.75 Å². The van der Waals surface area contributed by atoms with E-state index in [4.69, 9.17) is 14.9 Å². The SMILES string of the molecule is COc1cc(N)c2oc(C)nc2c1. The van der Waals surface area contributed by atoms with Crippen molar-refractivity contribution in [2.45, 2.75) is 6.92 Å². The number of hydrogen-bond donors (Lipinski definition) is 1. The highest BCUT2D eigenvalue weighted by atomic mass is 16.5. The molecule has 0 saturated carbocycles. The van der Waals surface area contributed by atoms with Crippen molar-refractivity contribution in [3.63, 3.8) is 0 Å². The Morgan fingerprint density at radius 1 is 1.46 bits per heavy atom. The number of aromatic nitrogens is 1. The fourth-order valence-electron chi connectivity index (χ4n) is 1.26. The van der Waals surface area contributed by atoms with Gasteiger partial charge in [-0.1, -0.05) is 0 Å². The smallest absolute Gasteiger partial charge is 0.192 e. The second kappa shape index (κ2) is 2.65. The summed E-state index contributed by atoms with van der Waals surface area (Å²) in [7, 11) is 1.59. The summed E-state index contributed by atoms with van der Waals surface area (Å²) in [6, 6.07) is 3.51. The normalized spacial score (nSPS) is 10.6. The summed E-state index contributed by atoms with van der Waals surface area (Å²) in [4.78, 5) is 4.16. The third kappa shape index (κ3) is 1.20. The molecule has 68 valence electrons. The first-order valence-electron chi connectivity index (χ1n) is 3.91. The van der Waals surface area contributed by atoms with Gasteiger partial charge < -0.3 is 14.9 Å². The minimum absolute atomic E-state index is 0.551. The summed E-state index contributed by atoms with van der Waals surface area (Å²) in [5.74, 6) is 1.30. The lowest BCUT2D eigenvalue weighted by atomic mass is 10.2. The predicted molar refractivity (Wildman–Crippen MR) is 49.7 cm³/mol. The van der Waals surface area contributed by atoms with Gasteiger partial charge in [-0.05, 0) is 0 Å². The molecule has 0 aliphatic heterocycles. The first-order chi connectivity index (χ1) is 6.20. The molecule has 0 aliphatic carbocycles. The quantitative estimate of drug-likeness (QED) is 0.675. The fraction of sp³-hybridized carbons (Fsp3) is 0.222. The van der Waals surface area contributed by atoms with Gasteiger partial charge in [0.25, 0.3) is 0 Å². The molecule has 0 saturated heterocycles. The Morgan fingerprint density at radius 2 is 2.23 bits per heavy atom. The highest BCUT2D eigenvalue weighted by molar-refractivity contribution is 5.86. The van der Waals surface area contributed by atoms with Crippen molar-refractivity contribution in [3.8, 4) is 5.75 Å². The van der Waals surface area contributed by atoms with Crippen LogP contribution < -0.4 is 10.5 Å². The van der Waals surface area contributed by atoms with Crippen molar-refractivity contribution in [2.24, 2.45) is 0 Å². The van der Waals surface area contributed by atoms with E-state index >= 15 is 0 Å². The molecule has 2 N–H and O–H groups in total. The zero-order chi connectivity index (χ0) is 9.42. The largest absolute Gasteiger partial charge is 0.497 e. The summed E-state index contributed by atoms with van der Waals surface area (Å²) >= 11 is 0. The van der Waals surface area contributed by atoms with Gasteiger partial charge in [0.2, 0.25) is 0 Å². The molecular weight excluding hydrogens is 168 g/mol. The van der Waals surface area contributed by atoms with Crippen molar-refractivity contribution in [2.75, 3.05) is 12.8 Å². The van der Waals surface area contributed by atoms with Crippen molar-refractivity contribution in [3.05, 3.63) is 18.0 Å². The summed E-state index contributed by atoms with van der Waals surface area (Å²) in [5, 5.41) is 0. The number of fused-ring (bicyclic) bond motifs is 1. The van der Waals surface area contributed by atoms with Gasteiger partial charge in [-0.25, -0.2) is 4.98 Å². The number of oxazole rings is 1. The van der Waals surface area contributed by atoms with Crippen LogP contribution in [0.1, 0.15) is 5.89 Å². The molecule has 1 heterocycles. The predicted octanol–water partition coefficient (Wildman–Crippen LogP) is 1.73. The van der Waals surface area contributed by atoms with E-state index in [1.165, 1.54) is 0 Å². The Morgan fingerprint density at radius 3 is 2.92 bits per heavy atom. The van der Waals surface area contributed by atoms with E-state index in [0.717, 1.165) is 5.52 Å². The molecule has 1 aromatic heterocycles. The van der Waals surface area contributed by atoms with Gasteiger partial charge in [-0.3, -0.25) is 0 Å². The zero-order valence-corrected chi connectivity index (χ0v) is 7.50. The second-order valence-corrected chi connectivity index (χ2v) is 2.80. The van der Waals surface area contributed by atoms with Crippen LogP contribution in [-0.2, 0) is 0 Å². The molecule has 2 aromatic rings. The molecule has 1 aromatic carbocycles. The molecule has 0 fully saturated rings. The monoisotopic (exact) mass is 178 g/mol. The van der Waals surface area contributed by atoms with Crippen LogP contribution in [0.3, 0.4) is 0 Å². The van der Waals surface area contributed by atoms with Crippen LogP contribution in [0.15, 0.2) is 16.5 Å². The number of ether oxygens (including phenoxy) is 1. The molecule has 2 rings (SSSR count). The standard InChI is InChI=1S/C9H10N2O2/c1-5-11-8-4-6(12-2)3-7(10)9(8)13-5/h3-4H,10H2,1-2H3. The maximum atomic E-state index is 5.73.